The van der Waals surface area contributed by atoms with Gasteiger partial charge in [0.2, 0.25) is 11.0 Å². The van der Waals surface area contributed by atoms with Crippen molar-refractivity contribution in [3.05, 3.63) is 65.5 Å². The summed E-state index contributed by atoms with van der Waals surface area (Å²) in [6.07, 6.45) is 0. The zero-order chi connectivity index (χ0) is 22.2. The van der Waals surface area contributed by atoms with Crippen molar-refractivity contribution in [2.45, 2.75) is 17.4 Å². The van der Waals surface area contributed by atoms with Crippen LogP contribution in [-0.4, -0.2) is 53.1 Å². The molecule has 2 aromatic carbocycles. The molecule has 1 aliphatic rings. The van der Waals surface area contributed by atoms with Crippen molar-refractivity contribution < 1.29 is 13.9 Å². The van der Waals surface area contributed by atoms with Crippen LogP contribution in [0.5, 0.6) is 0 Å². The highest BCUT2D eigenvalue weighted by Gasteiger charge is 2.13. The molecule has 4 rings (SSSR count). The fraction of sp³-hybridized carbons (Fsp3) is 0.318. The predicted octanol–water partition coefficient (Wildman–Crippen LogP) is 3.66. The van der Waals surface area contributed by atoms with Gasteiger partial charge in [0.25, 0.3) is 0 Å². The molecule has 1 saturated heterocycles. The Morgan fingerprint density at radius 3 is 2.62 bits per heavy atom. The summed E-state index contributed by atoms with van der Waals surface area (Å²) in [5.41, 5.74) is 3.08. The normalized spacial score (nSPS) is 14.3. The smallest absolute Gasteiger partial charge is 0.230 e. The van der Waals surface area contributed by atoms with Crippen LogP contribution in [0.25, 0.3) is 0 Å². The topological polar surface area (TPSA) is 79.4 Å². The largest absolute Gasteiger partial charge is 0.379 e. The van der Waals surface area contributed by atoms with E-state index < -0.39 is 0 Å². The van der Waals surface area contributed by atoms with E-state index in [1.54, 1.807) is 12.1 Å². The number of carbonyl (C=O) groups is 1. The molecule has 2 heterocycles. The number of ether oxygens (including phenoxy) is 1. The number of amides is 1. The maximum atomic E-state index is 13.0. The number of rotatable bonds is 9. The fourth-order valence-corrected chi connectivity index (χ4v) is 4.83. The van der Waals surface area contributed by atoms with Crippen LogP contribution in [0.1, 0.15) is 11.1 Å². The molecule has 1 aromatic heterocycles. The minimum absolute atomic E-state index is 0.0561. The molecule has 0 bridgehead atoms. The summed E-state index contributed by atoms with van der Waals surface area (Å²) >= 11 is 2.69. The molecular weight excluding hydrogens is 449 g/mol. The predicted molar refractivity (Wildman–Crippen MR) is 125 cm³/mol. The standard InChI is InChI=1S/C22H24FN5O2S2/c23-18-5-7-19(8-6-18)25-21-26-27-22(32-21)31-15-20(29)24-13-16-3-1-2-4-17(16)14-28-9-11-30-12-10-28/h1-8H,9-15H2,(H,24,29)(H,25,26). The highest BCUT2D eigenvalue weighted by molar-refractivity contribution is 8.01. The minimum atomic E-state index is -0.293. The average Bonchev–Trinajstić information content (AvgIpc) is 3.26. The fourth-order valence-electron chi connectivity index (χ4n) is 3.23. The van der Waals surface area contributed by atoms with Gasteiger partial charge < -0.3 is 15.4 Å². The summed E-state index contributed by atoms with van der Waals surface area (Å²) in [4.78, 5) is 14.7. The van der Waals surface area contributed by atoms with E-state index in [2.05, 4.69) is 37.9 Å². The number of hydrogen-bond donors (Lipinski definition) is 2. The van der Waals surface area contributed by atoms with E-state index in [4.69, 9.17) is 4.74 Å². The maximum Gasteiger partial charge on any atom is 0.230 e. The van der Waals surface area contributed by atoms with Crippen molar-refractivity contribution >= 4 is 39.8 Å². The van der Waals surface area contributed by atoms with Crippen LogP contribution < -0.4 is 10.6 Å². The Hall–Kier alpha value is -2.53. The van der Waals surface area contributed by atoms with Gasteiger partial charge in [-0.05, 0) is 35.4 Å². The number of carbonyl (C=O) groups excluding carboxylic acids is 1. The van der Waals surface area contributed by atoms with Gasteiger partial charge >= 0.3 is 0 Å². The first kappa shape index (κ1) is 22.7. The summed E-state index contributed by atoms with van der Waals surface area (Å²) in [6.45, 7) is 4.74. The Labute approximate surface area is 194 Å². The van der Waals surface area contributed by atoms with Gasteiger partial charge in [-0.2, -0.15) is 0 Å². The molecule has 168 valence electrons. The highest BCUT2D eigenvalue weighted by Crippen LogP contribution is 2.27. The first-order valence-corrected chi connectivity index (χ1v) is 12.1. The van der Waals surface area contributed by atoms with Gasteiger partial charge in [0.15, 0.2) is 4.34 Å². The van der Waals surface area contributed by atoms with Crippen LogP contribution in [0.2, 0.25) is 0 Å². The van der Waals surface area contributed by atoms with Crippen molar-refractivity contribution in [2.75, 3.05) is 37.4 Å². The number of morpholine rings is 1. The molecule has 32 heavy (non-hydrogen) atoms. The molecule has 0 aliphatic carbocycles. The number of aromatic nitrogens is 2. The van der Waals surface area contributed by atoms with Crippen LogP contribution >= 0.6 is 23.1 Å². The number of nitrogens with one attached hydrogen (secondary N) is 2. The highest BCUT2D eigenvalue weighted by atomic mass is 32.2. The lowest BCUT2D eigenvalue weighted by Crippen LogP contribution is -2.36. The van der Waals surface area contributed by atoms with Crippen molar-refractivity contribution in [1.82, 2.24) is 20.4 Å². The number of anilines is 2. The number of thioether (sulfide) groups is 1. The number of benzene rings is 2. The van der Waals surface area contributed by atoms with E-state index >= 15 is 0 Å². The van der Waals surface area contributed by atoms with Crippen LogP contribution in [0.4, 0.5) is 15.2 Å². The van der Waals surface area contributed by atoms with Gasteiger partial charge in [-0.25, -0.2) is 4.39 Å². The zero-order valence-corrected chi connectivity index (χ0v) is 19.1. The number of halogens is 1. The van der Waals surface area contributed by atoms with Gasteiger partial charge in [0, 0.05) is 31.9 Å². The molecule has 0 atom stereocenters. The molecule has 0 saturated carbocycles. The molecule has 0 spiro atoms. The van der Waals surface area contributed by atoms with Gasteiger partial charge in [0.05, 0.1) is 19.0 Å². The van der Waals surface area contributed by atoms with Gasteiger partial charge in [-0.3, -0.25) is 9.69 Å². The lowest BCUT2D eigenvalue weighted by molar-refractivity contribution is -0.118. The average molecular weight is 474 g/mol. The first-order valence-electron chi connectivity index (χ1n) is 10.3. The van der Waals surface area contributed by atoms with Crippen molar-refractivity contribution in [3.8, 4) is 0 Å². The van der Waals surface area contributed by atoms with Gasteiger partial charge in [-0.1, -0.05) is 47.4 Å². The molecule has 1 aliphatic heterocycles. The third kappa shape index (κ3) is 6.73. The second-order valence-electron chi connectivity index (χ2n) is 7.23. The zero-order valence-electron chi connectivity index (χ0n) is 17.4. The first-order chi connectivity index (χ1) is 15.7. The number of hydrogen-bond acceptors (Lipinski definition) is 8. The molecule has 7 nitrogen and oxygen atoms in total. The lowest BCUT2D eigenvalue weighted by Gasteiger charge is -2.27. The van der Waals surface area contributed by atoms with Gasteiger partial charge in [0.1, 0.15) is 5.82 Å². The molecule has 2 N–H and O–H groups in total. The summed E-state index contributed by atoms with van der Waals surface area (Å²) in [5, 5.41) is 14.8. The molecule has 1 fully saturated rings. The van der Waals surface area contributed by atoms with Crippen LogP contribution in [0, 0.1) is 5.82 Å². The van der Waals surface area contributed by atoms with E-state index in [0.717, 1.165) is 44.1 Å². The Kier molecular flexibility index (Phi) is 8.05. The monoisotopic (exact) mass is 473 g/mol. The number of nitrogens with zero attached hydrogens (tertiary/aromatic N) is 3. The molecule has 0 radical (unpaired) electrons. The SMILES string of the molecule is O=C(CSc1nnc(Nc2ccc(F)cc2)s1)NCc1ccccc1CN1CCOCC1. The maximum absolute atomic E-state index is 13.0. The third-order valence-electron chi connectivity index (χ3n) is 4.92. The summed E-state index contributed by atoms with van der Waals surface area (Å²) in [7, 11) is 0. The second kappa shape index (κ2) is 11.4. The third-order valence-corrected chi connectivity index (χ3v) is 6.89. The quantitative estimate of drug-likeness (QED) is 0.459. The van der Waals surface area contributed by atoms with Crippen molar-refractivity contribution in [3.63, 3.8) is 0 Å². The summed E-state index contributed by atoms with van der Waals surface area (Å²) in [5.74, 6) is -0.0882. The van der Waals surface area contributed by atoms with Crippen molar-refractivity contribution in [2.24, 2.45) is 0 Å². The van der Waals surface area contributed by atoms with Crippen LogP contribution in [0.3, 0.4) is 0 Å². The minimum Gasteiger partial charge on any atom is -0.379 e. The Morgan fingerprint density at radius 1 is 1.09 bits per heavy atom. The van der Waals surface area contributed by atoms with Crippen molar-refractivity contribution in [1.29, 1.82) is 0 Å². The molecule has 1 amide bonds. The van der Waals surface area contributed by atoms with Gasteiger partial charge in [-0.15, -0.1) is 10.2 Å². The Balaban J connectivity index is 1.23. The van der Waals surface area contributed by atoms with E-state index in [-0.39, 0.29) is 17.5 Å². The second-order valence-corrected chi connectivity index (χ2v) is 9.43. The summed E-state index contributed by atoms with van der Waals surface area (Å²) in [6, 6.07) is 14.2. The van der Waals surface area contributed by atoms with E-state index in [1.807, 2.05) is 12.1 Å². The van der Waals surface area contributed by atoms with Crippen LogP contribution in [0.15, 0.2) is 52.9 Å². The van der Waals surface area contributed by atoms with E-state index in [9.17, 15) is 9.18 Å². The Bertz CT molecular complexity index is 1030. The summed E-state index contributed by atoms with van der Waals surface area (Å²) < 4.78 is 19.1. The molecular formula is C22H24FN5O2S2. The molecule has 0 unspecified atom stereocenters. The lowest BCUT2D eigenvalue weighted by atomic mass is 10.1. The van der Waals surface area contributed by atoms with E-state index in [1.165, 1.54) is 40.8 Å². The molecule has 3 aromatic rings. The Morgan fingerprint density at radius 2 is 1.84 bits per heavy atom. The van der Waals surface area contributed by atoms with Crippen LogP contribution in [-0.2, 0) is 22.6 Å². The molecule has 10 heteroatoms. The van der Waals surface area contributed by atoms with E-state index in [0.29, 0.717) is 16.0 Å².